The molecule has 4 rings (SSSR count). The summed E-state index contributed by atoms with van der Waals surface area (Å²) < 4.78 is 7.75. The van der Waals surface area contributed by atoms with E-state index >= 15 is 0 Å². The van der Waals surface area contributed by atoms with Crippen LogP contribution < -0.4 is 0 Å². The predicted octanol–water partition coefficient (Wildman–Crippen LogP) is 5.10. The molecule has 9 heteroatoms. The van der Waals surface area contributed by atoms with Crippen LogP contribution >= 0.6 is 34.7 Å². The van der Waals surface area contributed by atoms with E-state index in [0.717, 1.165) is 21.4 Å². The maximum Gasteiger partial charge on any atom is 0.257 e. The predicted molar refractivity (Wildman–Crippen MR) is 103 cm³/mol. The minimum Gasteiger partial charge on any atom is -0.419 e. The molecule has 0 spiro atoms. The van der Waals surface area contributed by atoms with Gasteiger partial charge in [-0.3, -0.25) is 0 Å². The molecule has 4 aromatic rings. The molecule has 26 heavy (non-hydrogen) atoms. The highest BCUT2D eigenvalue weighted by Gasteiger charge is 2.20. The molecule has 0 saturated heterocycles. The van der Waals surface area contributed by atoms with Crippen LogP contribution in [-0.2, 0) is 7.05 Å². The maximum absolute atomic E-state index is 5.95. The molecule has 0 N–H and O–H groups in total. The van der Waals surface area contributed by atoms with Crippen molar-refractivity contribution in [3.63, 3.8) is 0 Å². The van der Waals surface area contributed by atoms with Crippen molar-refractivity contribution >= 4 is 34.7 Å². The summed E-state index contributed by atoms with van der Waals surface area (Å²) in [5.74, 6) is 1.89. The first-order valence-electron chi connectivity index (χ1n) is 7.81. The fraction of sp³-hybridized carbons (Fsp3) is 0.176. The summed E-state index contributed by atoms with van der Waals surface area (Å²) in [5.41, 5.74) is 0.960. The highest BCUT2D eigenvalue weighted by molar-refractivity contribution is 7.99. The Hall–Kier alpha value is -2.16. The molecular weight excluding hydrogens is 390 g/mol. The van der Waals surface area contributed by atoms with Crippen LogP contribution in [-0.4, -0.2) is 25.0 Å². The van der Waals surface area contributed by atoms with Crippen LogP contribution in [0.1, 0.15) is 18.1 Å². The largest absolute Gasteiger partial charge is 0.419 e. The number of benzene rings is 1. The van der Waals surface area contributed by atoms with Crippen LogP contribution in [0, 0.1) is 0 Å². The number of thiophene rings is 1. The van der Waals surface area contributed by atoms with Crippen LogP contribution in [0.5, 0.6) is 0 Å². The van der Waals surface area contributed by atoms with Crippen molar-refractivity contribution in [2.45, 2.75) is 17.3 Å². The zero-order chi connectivity index (χ0) is 18.1. The first-order chi connectivity index (χ1) is 12.6. The standard InChI is InChI=1S/C17H14ClN5OS2/c1-10(15-20-21-16(24-15)13-4-3-9-25-13)26-17-22-19-14(23(17)2)11-5-7-12(18)8-6-11/h3-10H,1-2H3/t10-/m0/s1. The van der Waals surface area contributed by atoms with E-state index in [2.05, 4.69) is 20.4 Å². The van der Waals surface area contributed by atoms with E-state index in [0.29, 0.717) is 16.8 Å². The highest BCUT2D eigenvalue weighted by Crippen LogP contribution is 2.35. The van der Waals surface area contributed by atoms with Gasteiger partial charge in [0.25, 0.3) is 5.89 Å². The molecule has 0 aliphatic carbocycles. The number of hydrogen-bond acceptors (Lipinski definition) is 7. The number of thioether (sulfide) groups is 1. The second-order valence-corrected chi connectivity index (χ2v) is 8.25. The van der Waals surface area contributed by atoms with E-state index in [1.165, 1.54) is 11.8 Å². The van der Waals surface area contributed by atoms with Crippen LogP contribution in [0.15, 0.2) is 51.4 Å². The molecule has 3 heterocycles. The van der Waals surface area contributed by atoms with Crippen LogP contribution in [0.3, 0.4) is 0 Å². The third kappa shape index (κ3) is 3.40. The second kappa shape index (κ2) is 7.22. The lowest BCUT2D eigenvalue weighted by Gasteiger charge is -2.07. The van der Waals surface area contributed by atoms with Crippen molar-refractivity contribution < 1.29 is 4.42 Å². The van der Waals surface area contributed by atoms with Crippen molar-refractivity contribution in [1.29, 1.82) is 0 Å². The molecule has 132 valence electrons. The fourth-order valence-electron chi connectivity index (χ4n) is 2.38. The Balaban J connectivity index is 1.53. The van der Waals surface area contributed by atoms with Crippen LogP contribution in [0.25, 0.3) is 22.2 Å². The Labute approximate surface area is 163 Å². The van der Waals surface area contributed by atoms with Crippen molar-refractivity contribution in [2.24, 2.45) is 7.05 Å². The first-order valence-corrected chi connectivity index (χ1v) is 9.95. The summed E-state index contributed by atoms with van der Waals surface area (Å²) in [4.78, 5) is 0.963. The summed E-state index contributed by atoms with van der Waals surface area (Å²) in [6.45, 7) is 2.01. The SMILES string of the molecule is C[C@H](Sc1nnc(-c2ccc(Cl)cc2)n1C)c1nnc(-c2cccs2)o1. The molecule has 6 nitrogen and oxygen atoms in total. The van der Waals surface area contributed by atoms with Gasteiger partial charge in [0.1, 0.15) is 0 Å². The maximum atomic E-state index is 5.95. The van der Waals surface area contributed by atoms with E-state index in [9.17, 15) is 0 Å². The molecule has 0 aliphatic heterocycles. The van der Waals surface area contributed by atoms with Gasteiger partial charge in [-0.25, -0.2) is 0 Å². The number of nitrogens with zero attached hydrogens (tertiary/aromatic N) is 5. The molecule has 0 saturated carbocycles. The molecule has 1 aromatic carbocycles. The van der Waals surface area contributed by atoms with E-state index in [1.54, 1.807) is 11.3 Å². The third-order valence-electron chi connectivity index (χ3n) is 3.74. The quantitative estimate of drug-likeness (QED) is 0.432. The number of rotatable bonds is 5. The average Bonchev–Trinajstić information content (AvgIpc) is 3.37. The van der Waals surface area contributed by atoms with Crippen molar-refractivity contribution in [3.8, 4) is 22.2 Å². The fourth-order valence-corrected chi connectivity index (χ4v) is 3.99. The normalized spacial score (nSPS) is 12.4. The average molecular weight is 404 g/mol. The van der Waals surface area contributed by atoms with Gasteiger partial charge in [-0.1, -0.05) is 29.4 Å². The topological polar surface area (TPSA) is 69.6 Å². The zero-order valence-electron chi connectivity index (χ0n) is 14.0. The Morgan fingerprint density at radius 1 is 1.12 bits per heavy atom. The van der Waals surface area contributed by atoms with E-state index in [1.807, 2.05) is 60.3 Å². The highest BCUT2D eigenvalue weighted by atomic mass is 35.5. The Kier molecular flexibility index (Phi) is 4.80. The minimum absolute atomic E-state index is 0.0443. The van der Waals surface area contributed by atoms with Crippen molar-refractivity contribution in [1.82, 2.24) is 25.0 Å². The smallest absolute Gasteiger partial charge is 0.257 e. The summed E-state index contributed by atoms with van der Waals surface area (Å²) in [7, 11) is 1.93. The van der Waals surface area contributed by atoms with Gasteiger partial charge in [-0.15, -0.1) is 31.7 Å². The van der Waals surface area contributed by atoms with Gasteiger partial charge in [0, 0.05) is 17.6 Å². The molecule has 0 unspecified atom stereocenters. The lowest BCUT2D eigenvalue weighted by molar-refractivity contribution is 0.509. The molecule has 1 atom stereocenters. The summed E-state index contributed by atoms with van der Waals surface area (Å²) >= 11 is 9.04. The molecule has 0 amide bonds. The molecule has 0 radical (unpaired) electrons. The van der Waals surface area contributed by atoms with Crippen molar-refractivity contribution in [2.75, 3.05) is 0 Å². The molecule has 0 fully saturated rings. The molecule has 0 bridgehead atoms. The number of hydrogen-bond donors (Lipinski definition) is 0. The molecule has 0 aliphatic rings. The van der Waals surface area contributed by atoms with Crippen LogP contribution in [0.4, 0.5) is 0 Å². The lowest BCUT2D eigenvalue weighted by Crippen LogP contribution is -1.97. The van der Waals surface area contributed by atoms with Gasteiger partial charge in [-0.2, -0.15) is 0 Å². The van der Waals surface area contributed by atoms with Gasteiger partial charge in [0.2, 0.25) is 5.89 Å². The molecule has 3 aromatic heterocycles. The summed E-state index contributed by atoms with van der Waals surface area (Å²) in [5, 5.41) is 20.3. The third-order valence-corrected chi connectivity index (χ3v) is 5.97. The zero-order valence-corrected chi connectivity index (χ0v) is 16.3. The van der Waals surface area contributed by atoms with E-state index < -0.39 is 0 Å². The Bertz CT molecular complexity index is 1010. The van der Waals surface area contributed by atoms with Gasteiger partial charge in [-0.05, 0) is 42.6 Å². The summed E-state index contributed by atoms with van der Waals surface area (Å²) in [6.07, 6.45) is 0. The number of halogens is 1. The summed E-state index contributed by atoms with van der Waals surface area (Å²) in [6, 6.07) is 11.4. The van der Waals surface area contributed by atoms with Gasteiger partial charge in [0.05, 0.1) is 10.1 Å². The first kappa shape index (κ1) is 17.3. The van der Waals surface area contributed by atoms with Crippen LogP contribution in [0.2, 0.25) is 5.02 Å². The molecular formula is C17H14ClN5OS2. The van der Waals surface area contributed by atoms with Gasteiger partial charge < -0.3 is 8.98 Å². The van der Waals surface area contributed by atoms with Crippen molar-refractivity contribution in [3.05, 3.63) is 52.7 Å². The Morgan fingerprint density at radius 3 is 2.65 bits per heavy atom. The van der Waals surface area contributed by atoms with E-state index in [-0.39, 0.29) is 5.25 Å². The van der Waals surface area contributed by atoms with E-state index in [4.69, 9.17) is 16.0 Å². The lowest BCUT2D eigenvalue weighted by atomic mass is 10.2. The Morgan fingerprint density at radius 2 is 1.92 bits per heavy atom. The minimum atomic E-state index is -0.0443. The number of aromatic nitrogens is 5. The monoisotopic (exact) mass is 403 g/mol. The van der Waals surface area contributed by atoms with Gasteiger partial charge in [0.15, 0.2) is 11.0 Å². The van der Waals surface area contributed by atoms with Gasteiger partial charge >= 0.3 is 0 Å². The second-order valence-electron chi connectivity index (χ2n) is 5.55.